The molecule has 3 rings (SSSR count). The third-order valence-electron chi connectivity index (χ3n) is 5.31. The van der Waals surface area contributed by atoms with Gasteiger partial charge in [-0.05, 0) is 77.2 Å². The van der Waals surface area contributed by atoms with Crippen molar-refractivity contribution in [1.82, 2.24) is 15.1 Å². The maximum absolute atomic E-state index is 3.69. The molecule has 3 saturated heterocycles. The van der Waals surface area contributed by atoms with Gasteiger partial charge < -0.3 is 15.1 Å². The van der Waals surface area contributed by atoms with E-state index in [9.17, 15) is 0 Å². The van der Waals surface area contributed by atoms with Crippen LogP contribution in [0.4, 0.5) is 0 Å². The topological polar surface area (TPSA) is 18.5 Å². The Morgan fingerprint density at radius 1 is 0.737 bits per heavy atom. The molecule has 3 heteroatoms. The molecule has 0 aromatic rings. The van der Waals surface area contributed by atoms with Gasteiger partial charge in [0, 0.05) is 19.1 Å². The average Bonchev–Trinajstić information content (AvgIpc) is 2.95. The zero-order chi connectivity index (χ0) is 12.9. The van der Waals surface area contributed by atoms with Crippen LogP contribution < -0.4 is 5.32 Å². The first-order valence-corrected chi connectivity index (χ1v) is 8.58. The van der Waals surface area contributed by atoms with Crippen LogP contribution in [0.2, 0.25) is 0 Å². The van der Waals surface area contributed by atoms with Crippen LogP contribution in [0.3, 0.4) is 0 Å². The predicted molar refractivity (Wildman–Crippen MR) is 80.5 cm³/mol. The molecule has 3 fully saturated rings. The second-order valence-corrected chi connectivity index (χ2v) is 6.90. The van der Waals surface area contributed by atoms with Crippen molar-refractivity contribution in [2.45, 2.75) is 51.0 Å². The molecule has 0 aliphatic carbocycles. The number of likely N-dealkylation sites (tertiary alicyclic amines) is 2. The Hall–Kier alpha value is -0.120. The van der Waals surface area contributed by atoms with Crippen molar-refractivity contribution in [2.24, 2.45) is 5.92 Å². The van der Waals surface area contributed by atoms with E-state index in [1.807, 2.05) is 0 Å². The Labute approximate surface area is 118 Å². The van der Waals surface area contributed by atoms with E-state index in [2.05, 4.69) is 15.1 Å². The first kappa shape index (κ1) is 13.8. The van der Waals surface area contributed by atoms with E-state index in [1.165, 1.54) is 90.8 Å². The van der Waals surface area contributed by atoms with Crippen molar-refractivity contribution in [1.29, 1.82) is 0 Å². The van der Waals surface area contributed by atoms with Crippen LogP contribution in [-0.4, -0.2) is 61.7 Å². The van der Waals surface area contributed by atoms with Crippen LogP contribution >= 0.6 is 0 Å². The molecule has 0 radical (unpaired) electrons. The molecule has 0 bridgehead atoms. The van der Waals surface area contributed by atoms with E-state index in [0.717, 1.165) is 12.0 Å². The van der Waals surface area contributed by atoms with Gasteiger partial charge in [-0.1, -0.05) is 6.42 Å². The smallest absolute Gasteiger partial charge is 0.0195 e. The zero-order valence-corrected chi connectivity index (χ0v) is 12.4. The summed E-state index contributed by atoms with van der Waals surface area (Å²) in [5.41, 5.74) is 0. The average molecular weight is 265 g/mol. The molecule has 3 nitrogen and oxygen atoms in total. The van der Waals surface area contributed by atoms with Gasteiger partial charge in [0.1, 0.15) is 0 Å². The summed E-state index contributed by atoms with van der Waals surface area (Å²) in [5, 5.41) is 3.69. The van der Waals surface area contributed by atoms with Gasteiger partial charge in [-0.15, -0.1) is 0 Å². The quantitative estimate of drug-likeness (QED) is 0.838. The number of hydrogen-bond acceptors (Lipinski definition) is 3. The maximum atomic E-state index is 3.69. The number of piperidine rings is 2. The molecule has 19 heavy (non-hydrogen) atoms. The van der Waals surface area contributed by atoms with Crippen LogP contribution in [0.15, 0.2) is 0 Å². The Kier molecular flexibility index (Phi) is 5.14. The number of rotatable bonds is 4. The lowest BCUT2D eigenvalue weighted by molar-refractivity contribution is 0.138. The lowest BCUT2D eigenvalue weighted by Gasteiger charge is -2.36. The molecule has 0 saturated carbocycles. The fraction of sp³-hybridized carbons (Fsp3) is 1.00. The van der Waals surface area contributed by atoms with Gasteiger partial charge in [-0.2, -0.15) is 0 Å². The van der Waals surface area contributed by atoms with Crippen molar-refractivity contribution in [3.8, 4) is 0 Å². The predicted octanol–water partition coefficient (Wildman–Crippen LogP) is 1.94. The number of nitrogens with one attached hydrogen (secondary N) is 1. The minimum Gasteiger partial charge on any atom is -0.313 e. The fourth-order valence-electron chi connectivity index (χ4n) is 4.07. The molecule has 3 aliphatic heterocycles. The van der Waals surface area contributed by atoms with E-state index in [4.69, 9.17) is 0 Å². The lowest BCUT2D eigenvalue weighted by Crippen LogP contribution is -2.46. The molecular formula is C16H31N3. The molecule has 0 aromatic heterocycles. The molecule has 0 aromatic carbocycles. The normalized spacial score (nSPS) is 31.9. The second-order valence-electron chi connectivity index (χ2n) is 6.90. The van der Waals surface area contributed by atoms with Crippen molar-refractivity contribution in [2.75, 3.05) is 45.8 Å². The van der Waals surface area contributed by atoms with Crippen molar-refractivity contribution in [3.05, 3.63) is 0 Å². The van der Waals surface area contributed by atoms with E-state index < -0.39 is 0 Å². The van der Waals surface area contributed by atoms with Crippen molar-refractivity contribution >= 4 is 0 Å². The van der Waals surface area contributed by atoms with Gasteiger partial charge in [0.25, 0.3) is 0 Å². The van der Waals surface area contributed by atoms with E-state index in [0.29, 0.717) is 0 Å². The molecule has 1 atom stereocenters. The molecular weight excluding hydrogens is 234 g/mol. The van der Waals surface area contributed by atoms with Gasteiger partial charge in [-0.25, -0.2) is 0 Å². The van der Waals surface area contributed by atoms with Crippen LogP contribution in [0.5, 0.6) is 0 Å². The Bertz CT molecular complexity index is 249. The summed E-state index contributed by atoms with van der Waals surface area (Å²) in [6, 6.07) is 0.781. The summed E-state index contributed by atoms with van der Waals surface area (Å²) in [6.45, 7) is 9.35. The maximum Gasteiger partial charge on any atom is 0.0195 e. The van der Waals surface area contributed by atoms with Gasteiger partial charge in [0.15, 0.2) is 0 Å². The fourth-order valence-corrected chi connectivity index (χ4v) is 4.07. The monoisotopic (exact) mass is 265 g/mol. The highest BCUT2D eigenvalue weighted by Crippen LogP contribution is 2.21. The molecule has 110 valence electrons. The first-order valence-electron chi connectivity index (χ1n) is 8.58. The molecule has 0 amide bonds. The molecule has 3 aliphatic rings. The SMILES string of the molecule is C1CCC(CN2CCC(CN3CCCC3)CC2)NC1. The van der Waals surface area contributed by atoms with Crippen LogP contribution in [0.1, 0.15) is 44.9 Å². The standard InChI is InChI=1S/C16H31N3/c1-2-8-17-16(5-1)14-19-11-6-15(7-12-19)13-18-9-3-4-10-18/h15-17H,1-14H2. The highest BCUT2D eigenvalue weighted by Gasteiger charge is 2.24. The van der Waals surface area contributed by atoms with E-state index in [1.54, 1.807) is 0 Å². The summed E-state index contributed by atoms with van der Waals surface area (Å²) in [4.78, 5) is 5.41. The Morgan fingerprint density at radius 2 is 1.47 bits per heavy atom. The Morgan fingerprint density at radius 3 is 2.16 bits per heavy atom. The van der Waals surface area contributed by atoms with Gasteiger partial charge >= 0.3 is 0 Å². The van der Waals surface area contributed by atoms with Crippen LogP contribution in [0, 0.1) is 5.92 Å². The number of hydrogen-bond donors (Lipinski definition) is 1. The second kappa shape index (κ2) is 7.05. The van der Waals surface area contributed by atoms with Crippen LogP contribution in [-0.2, 0) is 0 Å². The first-order chi connectivity index (χ1) is 9.40. The molecule has 3 heterocycles. The zero-order valence-electron chi connectivity index (χ0n) is 12.4. The highest BCUT2D eigenvalue weighted by molar-refractivity contribution is 4.81. The minimum atomic E-state index is 0.781. The third-order valence-corrected chi connectivity index (χ3v) is 5.31. The summed E-state index contributed by atoms with van der Waals surface area (Å²) in [7, 11) is 0. The van der Waals surface area contributed by atoms with E-state index in [-0.39, 0.29) is 0 Å². The van der Waals surface area contributed by atoms with Gasteiger partial charge in [0.05, 0.1) is 0 Å². The molecule has 1 unspecified atom stereocenters. The van der Waals surface area contributed by atoms with Gasteiger partial charge in [0.2, 0.25) is 0 Å². The lowest BCUT2D eigenvalue weighted by atomic mass is 9.95. The summed E-state index contributed by atoms with van der Waals surface area (Å²) < 4.78 is 0. The van der Waals surface area contributed by atoms with Crippen molar-refractivity contribution < 1.29 is 0 Å². The molecule has 0 spiro atoms. The van der Waals surface area contributed by atoms with Crippen molar-refractivity contribution in [3.63, 3.8) is 0 Å². The van der Waals surface area contributed by atoms with Crippen LogP contribution in [0.25, 0.3) is 0 Å². The Balaban J connectivity index is 1.34. The number of nitrogens with zero attached hydrogens (tertiary/aromatic N) is 2. The summed E-state index contributed by atoms with van der Waals surface area (Å²) in [5.74, 6) is 0.980. The van der Waals surface area contributed by atoms with Gasteiger partial charge in [-0.3, -0.25) is 0 Å². The largest absolute Gasteiger partial charge is 0.313 e. The summed E-state index contributed by atoms with van der Waals surface area (Å²) in [6.07, 6.45) is 9.95. The highest BCUT2D eigenvalue weighted by atomic mass is 15.2. The molecule has 1 N–H and O–H groups in total. The summed E-state index contributed by atoms with van der Waals surface area (Å²) >= 11 is 0. The van der Waals surface area contributed by atoms with E-state index >= 15 is 0 Å². The third kappa shape index (κ3) is 4.17. The minimum absolute atomic E-state index is 0.781.